The molecule has 0 aliphatic heterocycles. The molecule has 0 atom stereocenters. The van der Waals surface area contributed by atoms with E-state index >= 15 is 0 Å². The number of pyridine rings is 1. The third-order valence-corrected chi connectivity index (χ3v) is 3.62. The van der Waals surface area contributed by atoms with Gasteiger partial charge in [-0.15, -0.1) is 10.2 Å². The molecule has 8 heteroatoms. The lowest BCUT2D eigenvalue weighted by Gasteiger charge is -2.07. The van der Waals surface area contributed by atoms with E-state index in [1.54, 1.807) is 18.3 Å². The van der Waals surface area contributed by atoms with Crippen molar-refractivity contribution >= 4 is 29.3 Å². The molecule has 0 saturated heterocycles. The number of nitrogens with zero attached hydrogens (tertiary/aromatic N) is 4. The molecule has 0 spiro atoms. The Morgan fingerprint density at radius 3 is 2.85 bits per heavy atom. The summed E-state index contributed by atoms with van der Waals surface area (Å²) in [6.45, 7) is 2.74. The molecule has 1 N–H and O–H groups in total. The highest BCUT2D eigenvalue weighted by molar-refractivity contribution is 7.99. The van der Waals surface area contributed by atoms with Gasteiger partial charge in [0.25, 0.3) is 0 Å². The molecular formula is C12H13ClN4O2S. The average molecular weight is 313 g/mol. The fraction of sp³-hybridized carbons (Fsp3) is 0.333. The summed E-state index contributed by atoms with van der Waals surface area (Å²) < 4.78 is 1.88. The van der Waals surface area contributed by atoms with Gasteiger partial charge in [0.1, 0.15) is 5.69 Å². The Morgan fingerprint density at radius 2 is 2.25 bits per heavy atom. The van der Waals surface area contributed by atoms with Crippen molar-refractivity contribution in [3.63, 3.8) is 0 Å². The van der Waals surface area contributed by atoms with Crippen molar-refractivity contribution in [2.45, 2.75) is 25.0 Å². The monoisotopic (exact) mass is 312 g/mol. The zero-order valence-corrected chi connectivity index (χ0v) is 12.4. The fourth-order valence-corrected chi connectivity index (χ4v) is 2.44. The van der Waals surface area contributed by atoms with Crippen molar-refractivity contribution in [1.82, 2.24) is 19.7 Å². The van der Waals surface area contributed by atoms with E-state index in [0.29, 0.717) is 28.2 Å². The van der Waals surface area contributed by atoms with Crippen molar-refractivity contribution < 1.29 is 9.90 Å². The molecule has 0 amide bonds. The Hall–Kier alpha value is -1.60. The van der Waals surface area contributed by atoms with E-state index in [-0.39, 0.29) is 5.75 Å². The standard InChI is InChI=1S/C12H13ClN4O2S/c1-2-5-17-11(9-4-3-8(13)6-14-9)15-16-12(17)20-7-10(18)19/h3-4,6H,2,5,7H2,1H3,(H,18,19). The Labute approximate surface area is 125 Å². The van der Waals surface area contributed by atoms with E-state index in [0.717, 1.165) is 18.2 Å². The van der Waals surface area contributed by atoms with Crippen LogP contribution in [-0.4, -0.2) is 36.6 Å². The average Bonchev–Trinajstić information content (AvgIpc) is 2.81. The van der Waals surface area contributed by atoms with Gasteiger partial charge in [0.2, 0.25) is 0 Å². The molecule has 0 radical (unpaired) electrons. The summed E-state index contributed by atoms with van der Waals surface area (Å²) in [5.41, 5.74) is 0.664. The SMILES string of the molecule is CCCn1c(SCC(=O)O)nnc1-c1ccc(Cl)cn1. The highest BCUT2D eigenvalue weighted by Gasteiger charge is 2.15. The van der Waals surface area contributed by atoms with Crippen LogP contribution in [0.25, 0.3) is 11.5 Å². The Bertz CT molecular complexity index is 600. The maximum Gasteiger partial charge on any atom is 0.313 e. The second-order valence-corrected chi connectivity index (χ2v) is 5.38. The maximum absolute atomic E-state index is 10.7. The van der Waals surface area contributed by atoms with E-state index in [1.165, 1.54) is 0 Å². The first kappa shape index (κ1) is 14.8. The maximum atomic E-state index is 10.7. The summed E-state index contributed by atoms with van der Waals surface area (Å²) in [5.74, 6) is -0.306. The minimum absolute atomic E-state index is 0.0457. The topological polar surface area (TPSA) is 80.9 Å². The lowest BCUT2D eigenvalue weighted by atomic mass is 10.3. The number of rotatable bonds is 6. The lowest BCUT2D eigenvalue weighted by Crippen LogP contribution is -2.05. The van der Waals surface area contributed by atoms with Gasteiger partial charge >= 0.3 is 5.97 Å². The largest absolute Gasteiger partial charge is 0.481 e. The fourth-order valence-electron chi connectivity index (χ4n) is 1.64. The molecule has 106 valence electrons. The molecule has 0 saturated carbocycles. The second kappa shape index (κ2) is 6.71. The third kappa shape index (κ3) is 3.49. The van der Waals surface area contributed by atoms with Crippen LogP contribution in [0.4, 0.5) is 0 Å². The number of halogens is 1. The molecule has 0 fully saturated rings. The van der Waals surface area contributed by atoms with Crippen molar-refractivity contribution in [3.05, 3.63) is 23.4 Å². The molecule has 0 aliphatic rings. The molecule has 2 heterocycles. The number of thioether (sulfide) groups is 1. The molecule has 0 aliphatic carbocycles. The zero-order chi connectivity index (χ0) is 14.5. The van der Waals surface area contributed by atoms with Crippen LogP contribution >= 0.6 is 23.4 Å². The van der Waals surface area contributed by atoms with Crippen LogP contribution in [0, 0.1) is 0 Å². The molecule has 20 heavy (non-hydrogen) atoms. The van der Waals surface area contributed by atoms with Crippen LogP contribution in [0.3, 0.4) is 0 Å². The number of hydrogen-bond acceptors (Lipinski definition) is 5. The minimum atomic E-state index is -0.882. The van der Waals surface area contributed by atoms with Gasteiger partial charge < -0.3 is 9.67 Å². The first-order chi connectivity index (χ1) is 9.61. The number of carboxylic acids is 1. The van der Waals surface area contributed by atoms with Crippen LogP contribution in [0.2, 0.25) is 5.02 Å². The van der Waals surface area contributed by atoms with Crippen LogP contribution in [-0.2, 0) is 11.3 Å². The van der Waals surface area contributed by atoms with E-state index in [2.05, 4.69) is 15.2 Å². The number of aromatic nitrogens is 4. The van der Waals surface area contributed by atoms with Gasteiger partial charge in [-0.05, 0) is 18.6 Å². The summed E-state index contributed by atoms with van der Waals surface area (Å²) in [6, 6.07) is 3.50. The normalized spacial score (nSPS) is 10.7. The van der Waals surface area contributed by atoms with Gasteiger partial charge in [-0.2, -0.15) is 0 Å². The van der Waals surface area contributed by atoms with Gasteiger partial charge in [0, 0.05) is 12.7 Å². The summed E-state index contributed by atoms with van der Waals surface area (Å²) in [4.78, 5) is 14.9. The zero-order valence-electron chi connectivity index (χ0n) is 10.8. The molecular weight excluding hydrogens is 300 g/mol. The van der Waals surface area contributed by atoms with Gasteiger partial charge in [-0.1, -0.05) is 30.3 Å². The van der Waals surface area contributed by atoms with Gasteiger partial charge in [0.15, 0.2) is 11.0 Å². The van der Waals surface area contributed by atoms with Crippen molar-refractivity contribution in [3.8, 4) is 11.5 Å². The number of aliphatic carboxylic acids is 1. The van der Waals surface area contributed by atoms with Crippen LogP contribution in [0.1, 0.15) is 13.3 Å². The molecule has 2 rings (SSSR count). The van der Waals surface area contributed by atoms with Crippen molar-refractivity contribution in [2.75, 3.05) is 5.75 Å². The summed E-state index contributed by atoms with van der Waals surface area (Å²) in [5, 5.41) is 18.0. The van der Waals surface area contributed by atoms with Gasteiger partial charge in [0.05, 0.1) is 10.8 Å². The molecule has 0 bridgehead atoms. The van der Waals surface area contributed by atoms with E-state index < -0.39 is 5.97 Å². The van der Waals surface area contributed by atoms with Crippen molar-refractivity contribution in [2.24, 2.45) is 0 Å². The summed E-state index contributed by atoms with van der Waals surface area (Å²) in [6.07, 6.45) is 2.44. The first-order valence-corrected chi connectivity index (χ1v) is 7.38. The Kier molecular flexibility index (Phi) is 4.97. The Morgan fingerprint density at radius 1 is 1.45 bits per heavy atom. The molecule has 2 aromatic heterocycles. The second-order valence-electron chi connectivity index (χ2n) is 4.00. The highest BCUT2D eigenvalue weighted by Crippen LogP contribution is 2.23. The summed E-state index contributed by atoms with van der Waals surface area (Å²) in [7, 11) is 0. The Balaban J connectivity index is 2.32. The van der Waals surface area contributed by atoms with Crippen LogP contribution in [0.5, 0.6) is 0 Å². The smallest absolute Gasteiger partial charge is 0.313 e. The van der Waals surface area contributed by atoms with E-state index in [4.69, 9.17) is 16.7 Å². The van der Waals surface area contributed by atoms with Gasteiger partial charge in [-0.25, -0.2) is 0 Å². The number of carbonyl (C=O) groups is 1. The summed E-state index contributed by atoms with van der Waals surface area (Å²) >= 11 is 6.96. The number of carboxylic acid groups (broad SMARTS) is 1. The molecule has 0 aromatic carbocycles. The van der Waals surface area contributed by atoms with Crippen molar-refractivity contribution in [1.29, 1.82) is 0 Å². The predicted octanol–water partition coefficient (Wildman–Crippen LogP) is 2.58. The highest BCUT2D eigenvalue weighted by atomic mass is 35.5. The van der Waals surface area contributed by atoms with E-state index in [9.17, 15) is 4.79 Å². The first-order valence-electron chi connectivity index (χ1n) is 6.01. The van der Waals surface area contributed by atoms with E-state index in [1.807, 2.05) is 11.5 Å². The van der Waals surface area contributed by atoms with Crippen LogP contribution in [0.15, 0.2) is 23.5 Å². The quantitative estimate of drug-likeness (QED) is 0.826. The predicted molar refractivity (Wildman–Crippen MR) is 76.9 cm³/mol. The minimum Gasteiger partial charge on any atom is -0.481 e. The lowest BCUT2D eigenvalue weighted by molar-refractivity contribution is -0.133. The van der Waals surface area contributed by atoms with Crippen LogP contribution < -0.4 is 0 Å². The molecule has 0 unspecified atom stereocenters. The molecule has 2 aromatic rings. The number of hydrogen-bond donors (Lipinski definition) is 1. The molecule has 6 nitrogen and oxygen atoms in total. The van der Waals surface area contributed by atoms with Gasteiger partial charge in [-0.3, -0.25) is 9.78 Å². The third-order valence-electron chi connectivity index (χ3n) is 2.45.